The van der Waals surface area contributed by atoms with Gasteiger partial charge in [-0.25, -0.2) is 0 Å². The lowest BCUT2D eigenvalue weighted by molar-refractivity contribution is 1.56. The standard InChI is InChI=1S/C30H24N2/c31-27-15-13-23(14-16-27)25-7-4-8-26(19-25)29-18-17-28(32)20-30(29)24-11-9-22(10-12-24)21-5-2-1-3-6-21/h1-20H,31-32H2. The van der Waals surface area contributed by atoms with Crippen LogP contribution in [0.15, 0.2) is 121 Å². The van der Waals surface area contributed by atoms with Crippen molar-refractivity contribution in [3.63, 3.8) is 0 Å². The maximum absolute atomic E-state index is 6.19. The summed E-state index contributed by atoms with van der Waals surface area (Å²) in [6.07, 6.45) is 0. The van der Waals surface area contributed by atoms with Crippen LogP contribution in [0.25, 0.3) is 44.5 Å². The monoisotopic (exact) mass is 412 g/mol. The molecule has 5 aromatic rings. The Morgan fingerprint density at radius 1 is 0.312 bits per heavy atom. The highest BCUT2D eigenvalue weighted by Gasteiger charge is 2.10. The lowest BCUT2D eigenvalue weighted by atomic mass is 9.91. The first-order chi connectivity index (χ1) is 15.7. The zero-order chi connectivity index (χ0) is 21.9. The minimum Gasteiger partial charge on any atom is -0.399 e. The molecule has 0 aliphatic carbocycles. The van der Waals surface area contributed by atoms with Gasteiger partial charge in [0.25, 0.3) is 0 Å². The zero-order valence-corrected chi connectivity index (χ0v) is 17.7. The van der Waals surface area contributed by atoms with E-state index in [4.69, 9.17) is 11.5 Å². The van der Waals surface area contributed by atoms with Crippen LogP contribution in [0.2, 0.25) is 0 Å². The molecule has 0 bridgehead atoms. The van der Waals surface area contributed by atoms with Crippen LogP contribution in [0.1, 0.15) is 0 Å². The minimum absolute atomic E-state index is 0.755. The summed E-state index contributed by atoms with van der Waals surface area (Å²) in [6, 6.07) is 41.8. The van der Waals surface area contributed by atoms with Crippen LogP contribution in [0.5, 0.6) is 0 Å². The molecule has 0 heterocycles. The average Bonchev–Trinajstić information content (AvgIpc) is 2.85. The molecule has 0 aliphatic rings. The van der Waals surface area contributed by atoms with E-state index in [9.17, 15) is 0 Å². The summed E-state index contributed by atoms with van der Waals surface area (Å²) in [5.41, 5.74) is 22.9. The van der Waals surface area contributed by atoms with Crippen LogP contribution >= 0.6 is 0 Å². The number of hydrogen-bond donors (Lipinski definition) is 2. The number of nitrogens with two attached hydrogens (primary N) is 2. The van der Waals surface area contributed by atoms with Crippen molar-refractivity contribution in [3.05, 3.63) is 121 Å². The van der Waals surface area contributed by atoms with Gasteiger partial charge in [-0.05, 0) is 74.8 Å². The smallest absolute Gasteiger partial charge is 0.0320 e. The van der Waals surface area contributed by atoms with Crippen molar-refractivity contribution in [1.29, 1.82) is 0 Å². The molecule has 0 unspecified atom stereocenters. The average molecular weight is 413 g/mol. The number of anilines is 2. The van der Waals surface area contributed by atoms with Gasteiger partial charge >= 0.3 is 0 Å². The van der Waals surface area contributed by atoms with E-state index in [-0.39, 0.29) is 0 Å². The van der Waals surface area contributed by atoms with Crippen molar-refractivity contribution in [2.24, 2.45) is 0 Å². The molecule has 0 saturated heterocycles. The second-order valence-corrected chi connectivity index (χ2v) is 7.95. The Labute approximate surface area is 188 Å². The van der Waals surface area contributed by atoms with E-state index in [1.54, 1.807) is 0 Å². The van der Waals surface area contributed by atoms with Crippen LogP contribution < -0.4 is 11.5 Å². The molecule has 5 rings (SSSR count). The lowest BCUT2D eigenvalue weighted by Gasteiger charge is -2.13. The maximum Gasteiger partial charge on any atom is 0.0320 e. The van der Waals surface area contributed by atoms with Crippen LogP contribution in [0.3, 0.4) is 0 Å². The molecule has 0 atom stereocenters. The lowest BCUT2D eigenvalue weighted by Crippen LogP contribution is -1.91. The first-order valence-corrected chi connectivity index (χ1v) is 10.7. The van der Waals surface area contributed by atoms with E-state index in [0.717, 1.165) is 44.8 Å². The quantitative estimate of drug-likeness (QED) is 0.300. The summed E-state index contributed by atoms with van der Waals surface area (Å²) in [7, 11) is 0. The summed E-state index contributed by atoms with van der Waals surface area (Å²) in [5.74, 6) is 0. The van der Waals surface area contributed by atoms with Crippen molar-refractivity contribution >= 4 is 11.4 Å². The molecule has 0 saturated carbocycles. The Kier molecular flexibility index (Phi) is 5.19. The van der Waals surface area contributed by atoms with E-state index >= 15 is 0 Å². The number of hydrogen-bond acceptors (Lipinski definition) is 2. The molecular weight excluding hydrogens is 388 g/mol. The molecule has 0 spiro atoms. The highest BCUT2D eigenvalue weighted by Crippen LogP contribution is 2.36. The fraction of sp³-hybridized carbons (Fsp3) is 0. The third kappa shape index (κ3) is 3.99. The van der Waals surface area contributed by atoms with Gasteiger partial charge in [-0.1, -0.05) is 91.0 Å². The third-order valence-corrected chi connectivity index (χ3v) is 5.76. The van der Waals surface area contributed by atoms with Crippen molar-refractivity contribution in [2.75, 3.05) is 11.5 Å². The molecule has 154 valence electrons. The minimum atomic E-state index is 0.755. The predicted octanol–water partition coefficient (Wildman–Crippen LogP) is 7.52. The fourth-order valence-corrected chi connectivity index (χ4v) is 4.07. The highest BCUT2D eigenvalue weighted by atomic mass is 14.5. The Morgan fingerprint density at radius 2 is 0.844 bits per heavy atom. The van der Waals surface area contributed by atoms with E-state index in [0.29, 0.717) is 0 Å². The Morgan fingerprint density at radius 3 is 1.59 bits per heavy atom. The number of nitrogen functional groups attached to an aromatic ring is 2. The van der Waals surface area contributed by atoms with Crippen molar-refractivity contribution in [2.45, 2.75) is 0 Å². The van der Waals surface area contributed by atoms with Crippen molar-refractivity contribution in [1.82, 2.24) is 0 Å². The van der Waals surface area contributed by atoms with E-state index < -0.39 is 0 Å². The summed E-state index contributed by atoms with van der Waals surface area (Å²) < 4.78 is 0. The van der Waals surface area contributed by atoms with Gasteiger partial charge in [-0.15, -0.1) is 0 Å². The number of benzene rings is 5. The summed E-state index contributed by atoms with van der Waals surface area (Å²) >= 11 is 0. The largest absolute Gasteiger partial charge is 0.399 e. The summed E-state index contributed by atoms with van der Waals surface area (Å²) in [6.45, 7) is 0. The predicted molar refractivity (Wildman–Crippen MR) is 137 cm³/mol. The van der Waals surface area contributed by atoms with E-state index in [2.05, 4.69) is 97.1 Å². The van der Waals surface area contributed by atoms with Gasteiger partial charge in [0.05, 0.1) is 0 Å². The molecule has 0 fully saturated rings. The van der Waals surface area contributed by atoms with Crippen molar-refractivity contribution in [3.8, 4) is 44.5 Å². The normalized spacial score (nSPS) is 10.8. The summed E-state index contributed by atoms with van der Waals surface area (Å²) in [4.78, 5) is 0. The molecule has 0 aromatic heterocycles. The zero-order valence-electron chi connectivity index (χ0n) is 17.7. The Balaban J connectivity index is 1.56. The molecule has 2 nitrogen and oxygen atoms in total. The molecule has 4 N–H and O–H groups in total. The Hall–Kier alpha value is -4.30. The van der Waals surface area contributed by atoms with Crippen LogP contribution in [0.4, 0.5) is 11.4 Å². The Bertz CT molecular complexity index is 1350. The second-order valence-electron chi connectivity index (χ2n) is 7.95. The van der Waals surface area contributed by atoms with Gasteiger partial charge < -0.3 is 11.5 Å². The van der Waals surface area contributed by atoms with Crippen LogP contribution in [-0.2, 0) is 0 Å². The van der Waals surface area contributed by atoms with Crippen LogP contribution in [0, 0.1) is 0 Å². The van der Waals surface area contributed by atoms with Gasteiger partial charge in [-0.2, -0.15) is 0 Å². The van der Waals surface area contributed by atoms with Gasteiger partial charge in [-0.3, -0.25) is 0 Å². The molecule has 0 amide bonds. The van der Waals surface area contributed by atoms with Gasteiger partial charge in [0, 0.05) is 11.4 Å². The SMILES string of the molecule is Nc1ccc(-c2cccc(-c3ccc(N)cc3-c3ccc(-c4ccccc4)cc3)c2)cc1. The molecule has 0 aliphatic heterocycles. The summed E-state index contributed by atoms with van der Waals surface area (Å²) in [5, 5.41) is 0. The first-order valence-electron chi connectivity index (χ1n) is 10.7. The molecule has 0 radical (unpaired) electrons. The second kappa shape index (κ2) is 8.44. The third-order valence-electron chi connectivity index (χ3n) is 5.76. The van der Waals surface area contributed by atoms with E-state index in [1.807, 2.05) is 24.3 Å². The van der Waals surface area contributed by atoms with E-state index in [1.165, 1.54) is 11.1 Å². The topological polar surface area (TPSA) is 52.0 Å². The van der Waals surface area contributed by atoms with Crippen molar-refractivity contribution < 1.29 is 0 Å². The van der Waals surface area contributed by atoms with Gasteiger partial charge in [0.1, 0.15) is 0 Å². The van der Waals surface area contributed by atoms with Crippen LogP contribution in [-0.4, -0.2) is 0 Å². The fourth-order valence-electron chi connectivity index (χ4n) is 4.07. The maximum atomic E-state index is 6.19. The van der Waals surface area contributed by atoms with Gasteiger partial charge in [0.2, 0.25) is 0 Å². The van der Waals surface area contributed by atoms with Gasteiger partial charge in [0.15, 0.2) is 0 Å². The molecule has 32 heavy (non-hydrogen) atoms. The first kappa shape index (κ1) is 19.7. The molecule has 5 aromatic carbocycles. The number of rotatable bonds is 4. The highest BCUT2D eigenvalue weighted by molar-refractivity contribution is 5.87. The molecular formula is C30H24N2. The molecule has 2 heteroatoms.